The zero-order chi connectivity index (χ0) is 14.7. The number of para-hydroxylation sites is 1. The molecule has 0 bridgehead atoms. The van der Waals surface area contributed by atoms with Crippen LogP contribution in [0.3, 0.4) is 0 Å². The maximum Gasteiger partial charge on any atom is 0.0422 e. The molecule has 3 rings (SSSR count). The van der Waals surface area contributed by atoms with Crippen LogP contribution in [-0.4, -0.2) is 17.5 Å². The van der Waals surface area contributed by atoms with Crippen LogP contribution in [0.25, 0.3) is 11.1 Å². The molecule has 1 atom stereocenters. The second-order valence-electron chi connectivity index (χ2n) is 6.64. The van der Waals surface area contributed by atoms with Gasteiger partial charge < -0.3 is 5.32 Å². The lowest BCUT2D eigenvalue weighted by Gasteiger charge is -2.36. The van der Waals surface area contributed by atoms with E-state index in [0.29, 0.717) is 11.5 Å². The first kappa shape index (κ1) is 14.5. The van der Waals surface area contributed by atoms with Crippen molar-refractivity contribution >= 4 is 17.4 Å². The van der Waals surface area contributed by atoms with Crippen LogP contribution in [0.4, 0.5) is 5.69 Å². The van der Waals surface area contributed by atoms with Crippen molar-refractivity contribution in [2.45, 2.75) is 26.3 Å². The number of anilines is 1. The van der Waals surface area contributed by atoms with E-state index in [0.717, 1.165) is 0 Å². The van der Waals surface area contributed by atoms with Crippen LogP contribution in [0.2, 0.25) is 0 Å². The van der Waals surface area contributed by atoms with E-state index in [-0.39, 0.29) is 0 Å². The average Bonchev–Trinajstić information content (AvgIpc) is 2.48. The van der Waals surface area contributed by atoms with Gasteiger partial charge in [0.05, 0.1) is 0 Å². The first-order chi connectivity index (χ1) is 10.1. The van der Waals surface area contributed by atoms with Gasteiger partial charge in [-0.2, -0.15) is 11.8 Å². The Hall–Kier alpha value is -1.41. The molecule has 0 aliphatic carbocycles. The van der Waals surface area contributed by atoms with E-state index in [2.05, 4.69) is 85.5 Å². The molecule has 0 spiro atoms. The summed E-state index contributed by atoms with van der Waals surface area (Å²) in [5.41, 5.74) is 4.27. The second kappa shape index (κ2) is 6.15. The molecule has 0 aromatic heterocycles. The first-order valence-corrected chi connectivity index (χ1v) is 8.78. The van der Waals surface area contributed by atoms with Crippen molar-refractivity contribution in [2.24, 2.45) is 5.41 Å². The fourth-order valence-electron chi connectivity index (χ4n) is 3.05. The topological polar surface area (TPSA) is 12.0 Å². The molecule has 2 aromatic rings. The maximum absolute atomic E-state index is 3.78. The molecule has 1 saturated heterocycles. The lowest BCUT2D eigenvalue weighted by atomic mass is 9.87. The molecule has 1 aliphatic rings. The number of rotatable bonds is 3. The molecule has 1 unspecified atom stereocenters. The Bertz CT molecular complexity index is 592. The van der Waals surface area contributed by atoms with Gasteiger partial charge in [0.1, 0.15) is 0 Å². The SMILES string of the molecule is CC1(C)CSCC(Nc2ccccc2-c2ccccc2)C1. The molecular weight excluding hydrogens is 274 g/mol. The van der Waals surface area contributed by atoms with Crippen molar-refractivity contribution in [3.05, 3.63) is 54.6 Å². The van der Waals surface area contributed by atoms with Crippen molar-refractivity contribution in [1.29, 1.82) is 0 Å². The van der Waals surface area contributed by atoms with Crippen molar-refractivity contribution in [2.75, 3.05) is 16.8 Å². The number of hydrogen-bond acceptors (Lipinski definition) is 2. The van der Waals surface area contributed by atoms with Crippen molar-refractivity contribution in [3.8, 4) is 11.1 Å². The van der Waals surface area contributed by atoms with Crippen LogP contribution >= 0.6 is 11.8 Å². The predicted octanol–water partition coefficient (Wildman–Crippen LogP) is 5.30. The van der Waals surface area contributed by atoms with Crippen LogP contribution in [0.15, 0.2) is 54.6 Å². The zero-order valence-corrected chi connectivity index (χ0v) is 13.6. The van der Waals surface area contributed by atoms with E-state index in [1.807, 2.05) is 0 Å². The Morgan fingerprint density at radius 3 is 2.48 bits per heavy atom. The third kappa shape index (κ3) is 3.62. The largest absolute Gasteiger partial charge is 0.381 e. The molecule has 1 aliphatic heterocycles. The summed E-state index contributed by atoms with van der Waals surface area (Å²) >= 11 is 2.07. The van der Waals surface area contributed by atoms with Gasteiger partial charge in [-0.15, -0.1) is 0 Å². The van der Waals surface area contributed by atoms with Gasteiger partial charge in [-0.3, -0.25) is 0 Å². The van der Waals surface area contributed by atoms with Crippen molar-refractivity contribution in [1.82, 2.24) is 0 Å². The Labute approximate surface area is 132 Å². The number of benzene rings is 2. The van der Waals surface area contributed by atoms with Gasteiger partial charge in [-0.1, -0.05) is 62.4 Å². The van der Waals surface area contributed by atoms with Crippen LogP contribution < -0.4 is 5.32 Å². The Balaban J connectivity index is 1.83. The summed E-state index contributed by atoms with van der Waals surface area (Å²) in [5, 5.41) is 3.78. The van der Waals surface area contributed by atoms with Gasteiger partial charge >= 0.3 is 0 Å². The molecule has 110 valence electrons. The first-order valence-electron chi connectivity index (χ1n) is 7.63. The maximum atomic E-state index is 3.78. The Morgan fingerprint density at radius 1 is 1.00 bits per heavy atom. The van der Waals surface area contributed by atoms with E-state index >= 15 is 0 Å². The zero-order valence-electron chi connectivity index (χ0n) is 12.8. The Morgan fingerprint density at radius 2 is 1.71 bits per heavy atom. The fourth-order valence-corrected chi connectivity index (χ4v) is 4.33. The molecule has 0 saturated carbocycles. The summed E-state index contributed by atoms with van der Waals surface area (Å²) in [6, 6.07) is 19.8. The smallest absolute Gasteiger partial charge is 0.0422 e. The van der Waals surface area contributed by atoms with Crippen molar-refractivity contribution in [3.63, 3.8) is 0 Å². The van der Waals surface area contributed by atoms with Crippen LogP contribution in [-0.2, 0) is 0 Å². The minimum Gasteiger partial charge on any atom is -0.381 e. The lowest BCUT2D eigenvalue weighted by Crippen LogP contribution is -2.35. The summed E-state index contributed by atoms with van der Waals surface area (Å²) in [5.74, 6) is 2.47. The molecule has 1 nitrogen and oxygen atoms in total. The van der Waals surface area contributed by atoms with Crippen molar-refractivity contribution < 1.29 is 0 Å². The number of hydrogen-bond donors (Lipinski definition) is 1. The summed E-state index contributed by atoms with van der Waals surface area (Å²) in [4.78, 5) is 0. The highest BCUT2D eigenvalue weighted by Crippen LogP contribution is 2.36. The van der Waals surface area contributed by atoms with Gasteiger partial charge in [0.15, 0.2) is 0 Å². The Kier molecular flexibility index (Phi) is 4.25. The predicted molar refractivity (Wildman–Crippen MR) is 95.0 cm³/mol. The molecule has 21 heavy (non-hydrogen) atoms. The third-order valence-electron chi connectivity index (χ3n) is 3.98. The summed E-state index contributed by atoms with van der Waals surface area (Å²) in [6.07, 6.45) is 1.24. The standard InChI is InChI=1S/C19H23NS/c1-19(2)12-16(13-21-14-19)20-18-11-7-6-10-17(18)15-8-4-3-5-9-15/h3-11,16,20H,12-14H2,1-2H3. The highest BCUT2D eigenvalue weighted by Gasteiger charge is 2.28. The number of thioether (sulfide) groups is 1. The van der Waals surface area contributed by atoms with Gasteiger partial charge in [-0.05, 0) is 29.2 Å². The summed E-state index contributed by atoms with van der Waals surface area (Å²) in [6.45, 7) is 4.74. The monoisotopic (exact) mass is 297 g/mol. The number of nitrogens with one attached hydrogen (secondary N) is 1. The molecule has 1 fully saturated rings. The molecule has 1 heterocycles. The molecular formula is C19H23NS. The minimum atomic E-state index is 0.433. The van der Waals surface area contributed by atoms with Crippen LogP contribution in [0.1, 0.15) is 20.3 Å². The molecule has 2 aromatic carbocycles. The highest BCUT2D eigenvalue weighted by molar-refractivity contribution is 7.99. The van der Waals surface area contributed by atoms with Gasteiger partial charge in [0.25, 0.3) is 0 Å². The summed E-state index contributed by atoms with van der Waals surface area (Å²) in [7, 11) is 0. The second-order valence-corrected chi connectivity index (χ2v) is 7.67. The molecule has 0 radical (unpaired) electrons. The molecule has 1 N–H and O–H groups in total. The third-order valence-corrected chi connectivity index (χ3v) is 5.61. The van der Waals surface area contributed by atoms with E-state index < -0.39 is 0 Å². The van der Waals surface area contributed by atoms with E-state index in [1.165, 1.54) is 34.7 Å². The minimum absolute atomic E-state index is 0.433. The fraction of sp³-hybridized carbons (Fsp3) is 0.368. The highest BCUT2D eigenvalue weighted by atomic mass is 32.2. The quantitative estimate of drug-likeness (QED) is 0.825. The van der Waals surface area contributed by atoms with E-state index in [4.69, 9.17) is 0 Å². The van der Waals surface area contributed by atoms with E-state index in [9.17, 15) is 0 Å². The van der Waals surface area contributed by atoms with Gasteiger partial charge in [-0.25, -0.2) is 0 Å². The lowest BCUT2D eigenvalue weighted by molar-refractivity contribution is 0.358. The molecule has 0 amide bonds. The van der Waals surface area contributed by atoms with Crippen LogP contribution in [0.5, 0.6) is 0 Å². The van der Waals surface area contributed by atoms with E-state index in [1.54, 1.807) is 0 Å². The van der Waals surface area contributed by atoms with Gasteiger partial charge in [0, 0.05) is 23.0 Å². The molecule has 2 heteroatoms. The normalized spacial score (nSPS) is 21.0. The van der Waals surface area contributed by atoms with Crippen LogP contribution in [0, 0.1) is 5.41 Å². The average molecular weight is 297 g/mol. The summed E-state index contributed by atoms with van der Waals surface area (Å²) < 4.78 is 0. The van der Waals surface area contributed by atoms with Gasteiger partial charge in [0.2, 0.25) is 0 Å².